The number of morpholine rings is 1. The van der Waals surface area contributed by atoms with Crippen molar-refractivity contribution in [2.75, 3.05) is 30.3 Å². The molecule has 1 atom stereocenters. The topological polar surface area (TPSA) is 88.3 Å². The summed E-state index contributed by atoms with van der Waals surface area (Å²) in [5, 5.41) is 8.86. The number of hydrogen-bond donors (Lipinski definition) is 1. The highest BCUT2D eigenvalue weighted by Gasteiger charge is 2.23. The van der Waals surface area contributed by atoms with Gasteiger partial charge >= 0.3 is 0 Å². The molecule has 1 aliphatic heterocycles. The zero-order valence-corrected chi connectivity index (χ0v) is 9.67. The van der Waals surface area contributed by atoms with Crippen LogP contribution in [0.5, 0.6) is 0 Å². The van der Waals surface area contributed by atoms with Crippen LogP contribution in [-0.2, 0) is 4.74 Å². The normalized spacial score (nSPS) is 19.9. The SMILES string of the molecule is N#CC1CN(c2nc3cc(N)ccc3o2)CCO1. The standard InChI is InChI=1S/C12H12N4O2/c13-6-9-7-16(3-4-17-9)12-15-10-5-8(14)1-2-11(10)18-12/h1-2,5,9H,3-4,7,14H2. The predicted molar refractivity (Wildman–Crippen MR) is 66.0 cm³/mol. The molecule has 0 spiro atoms. The maximum absolute atomic E-state index is 8.86. The third-order valence-electron chi connectivity index (χ3n) is 2.88. The van der Waals surface area contributed by atoms with Crippen molar-refractivity contribution >= 4 is 22.8 Å². The minimum Gasteiger partial charge on any atom is -0.423 e. The molecular formula is C12H12N4O2. The highest BCUT2D eigenvalue weighted by Crippen LogP contribution is 2.24. The van der Waals surface area contributed by atoms with E-state index >= 15 is 0 Å². The Hall–Kier alpha value is -2.26. The van der Waals surface area contributed by atoms with E-state index < -0.39 is 6.10 Å². The average Bonchev–Trinajstić information content (AvgIpc) is 2.81. The smallest absolute Gasteiger partial charge is 0.298 e. The van der Waals surface area contributed by atoms with Gasteiger partial charge in [-0.2, -0.15) is 10.2 Å². The van der Waals surface area contributed by atoms with E-state index in [1.165, 1.54) is 0 Å². The van der Waals surface area contributed by atoms with E-state index in [1.807, 2.05) is 4.90 Å². The molecule has 1 fully saturated rings. The summed E-state index contributed by atoms with van der Waals surface area (Å²) < 4.78 is 10.9. The Morgan fingerprint density at radius 1 is 1.50 bits per heavy atom. The lowest BCUT2D eigenvalue weighted by molar-refractivity contribution is 0.0745. The lowest BCUT2D eigenvalue weighted by Crippen LogP contribution is -2.42. The molecule has 1 aromatic carbocycles. The maximum Gasteiger partial charge on any atom is 0.298 e. The summed E-state index contributed by atoms with van der Waals surface area (Å²) in [7, 11) is 0. The van der Waals surface area contributed by atoms with Crippen molar-refractivity contribution in [2.45, 2.75) is 6.10 Å². The van der Waals surface area contributed by atoms with E-state index in [9.17, 15) is 0 Å². The van der Waals surface area contributed by atoms with Crippen molar-refractivity contribution in [1.82, 2.24) is 4.98 Å². The first-order valence-corrected chi connectivity index (χ1v) is 5.68. The lowest BCUT2D eigenvalue weighted by Gasteiger charge is -2.28. The van der Waals surface area contributed by atoms with Gasteiger partial charge in [0, 0.05) is 12.2 Å². The molecule has 6 nitrogen and oxygen atoms in total. The molecule has 0 amide bonds. The van der Waals surface area contributed by atoms with Crippen molar-refractivity contribution in [3.05, 3.63) is 18.2 Å². The number of nitrogens with zero attached hydrogens (tertiary/aromatic N) is 3. The number of oxazole rings is 1. The summed E-state index contributed by atoms with van der Waals surface area (Å²) in [6.45, 7) is 1.64. The van der Waals surface area contributed by atoms with Gasteiger partial charge in [-0.05, 0) is 18.2 Å². The van der Waals surface area contributed by atoms with Gasteiger partial charge in [-0.15, -0.1) is 0 Å². The monoisotopic (exact) mass is 244 g/mol. The molecule has 2 aromatic rings. The molecule has 6 heteroatoms. The number of fused-ring (bicyclic) bond motifs is 1. The van der Waals surface area contributed by atoms with Crippen molar-refractivity contribution < 1.29 is 9.15 Å². The summed E-state index contributed by atoms with van der Waals surface area (Å²) in [6, 6.07) is 7.94. The minimum absolute atomic E-state index is 0.432. The maximum atomic E-state index is 8.86. The summed E-state index contributed by atoms with van der Waals surface area (Å²) in [5.74, 6) is 0. The number of nitriles is 1. The minimum atomic E-state index is -0.432. The Bertz CT molecular complexity index is 616. The van der Waals surface area contributed by atoms with Gasteiger partial charge < -0.3 is 19.8 Å². The predicted octanol–water partition coefficient (Wildman–Crippen LogP) is 1.14. The number of aromatic nitrogens is 1. The van der Waals surface area contributed by atoms with Crippen LogP contribution in [-0.4, -0.2) is 30.8 Å². The van der Waals surface area contributed by atoms with Crippen LogP contribution in [0.4, 0.5) is 11.7 Å². The van der Waals surface area contributed by atoms with Crippen LogP contribution in [0.3, 0.4) is 0 Å². The second-order valence-corrected chi connectivity index (χ2v) is 4.16. The number of anilines is 2. The van der Waals surface area contributed by atoms with Crippen LogP contribution in [0.25, 0.3) is 11.1 Å². The third kappa shape index (κ3) is 1.85. The fourth-order valence-electron chi connectivity index (χ4n) is 1.97. The fraction of sp³-hybridized carbons (Fsp3) is 0.333. The number of nitrogen functional groups attached to an aromatic ring is 1. The van der Waals surface area contributed by atoms with E-state index in [2.05, 4.69) is 11.1 Å². The van der Waals surface area contributed by atoms with Gasteiger partial charge in [-0.3, -0.25) is 0 Å². The van der Waals surface area contributed by atoms with E-state index in [0.29, 0.717) is 37.0 Å². The van der Waals surface area contributed by atoms with Gasteiger partial charge in [0.2, 0.25) is 0 Å². The highest BCUT2D eigenvalue weighted by molar-refractivity contribution is 5.78. The Labute approximate surface area is 104 Å². The largest absolute Gasteiger partial charge is 0.423 e. The van der Waals surface area contributed by atoms with E-state index in [1.54, 1.807) is 18.2 Å². The van der Waals surface area contributed by atoms with Crippen LogP contribution in [0.2, 0.25) is 0 Å². The van der Waals surface area contributed by atoms with Gasteiger partial charge in [0.15, 0.2) is 11.7 Å². The zero-order chi connectivity index (χ0) is 12.5. The Morgan fingerprint density at radius 3 is 3.22 bits per heavy atom. The molecule has 2 N–H and O–H groups in total. The molecule has 2 heterocycles. The Balaban J connectivity index is 1.92. The molecule has 0 radical (unpaired) electrons. The van der Waals surface area contributed by atoms with Crippen molar-refractivity contribution in [3.63, 3.8) is 0 Å². The first-order chi connectivity index (χ1) is 8.76. The number of benzene rings is 1. The summed E-state index contributed by atoms with van der Waals surface area (Å²) >= 11 is 0. The first-order valence-electron chi connectivity index (χ1n) is 5.68. The Kier molecular flexibility index (Phi) is 2.54. The van der Waals surface area contributed by atoms with Gasteiger partial charge in [-0.1, -0.05) is 0 Å². The number of rotatable bonds is 1. The summed E-state index contributed by atoms with van der Waals surface area (Å²) in [4.78, 5) is 6.29. The first kappa shape index (κ1) is 10.9. The molecule has 1 aromatic heterocycles. The van der Waals surface area contributed by atoms with Gasteiger partial charge in [0.05, 0.1) is 19.2 Å². The average molecular weight is 244 g/mol. The van der Waals surface area contributed by atoms with Crippen molar-refractivity contribution in [1.29, 1.82) is 5.26 Å². The lowest BCUT2D eigenvalue weighted by atomic mass is 10.3. The van der Waals surface area contributed by atoms with Gasteiger partial charge in [0.1, 0.15) is 5.52 Å². The molecule has 0 saturated carbocycles. The van der Waals surface area contributed by atoms with Crippen LogP contribution in [0.1, 0.15) is 0 Å². The van der Waals surface area contributed by atoms with Gasteiger partial charge in [0.25, 0.3) is 6.01 Å². The Morgan fingerprint density at radius 2 is 2.39 bits per heavy atom. The summed E-state index contributed by atoms with van der Waals surface area (Å²) in [5.41, 5.74) is 7.77. The molecule has 0 bridgehead atoms. The van der Waals surface area contributed by atoms with Crippen LogP contribution < -0.4 is 10.6 Å². The molecular weight excluding hydrogens is 232 g/mol. The van der Waals surface area contributed by atoms with Crippen LogP contribution >= 0.6 is 0 Å². The molecule has 3 rings (SSSR count). The molecule has 1 aliphatic rings. The molecule has 92 valence electrons. The highest BCUT2D eigenvalue weighted by atomic mass is 16.5. The van der Waals surface area contributed by atoms with E-state index in [4.69, 9.17) is 20.1 Å². The van der Waals surface area contributed by atoms with Crippen LogP contribution in [0, 0.1) is 11.3 Å². The molecule has 1 unspecified atom stereocenters. The van der Waals surface area contributed by atoms with Crippen molar-refractivity contribution in [3.8, 4) is 6.07 Å². The van der Waals surface area contributed by atoms with E-state index in [-0.39, 0.29) is 0 Å². The number of ether oxygens (including phenoxy) is 1. The molecule has 18 heavy (non-hydrogen) atoms. The van der Waals surface area contributed by atoms with Crippen molar-refractivity contribution in [2.24, 2.45) is 0 Å². The quantitative estimate of drug-likeness (QED) is 0.757. The molecule has 0 aliphatic carbocycles. The number of nitrogens with two attached hydrogens (primary N) is 1. The van der Waals surface area contributed by atoms with E-state index in [0.717, 1.165) is 5.52 Å². The second-order valence-electron chi connectivity index (χ2n) is 4.16. The fourth-order valence-corrected chi connectivity index (χ4v) is 1.97. The second kappa shape index (κ2) is 4.20. The van der Waals surface area contributed by atoms with Crippen LogP contribution in [0.15, 0.2) is 22.6 Å². The van der Waals surface area contributed by atoms with Gasteiger partial charge in [-0.25, -0.2) is 0 Å². The number of hydrogen-bond acceptors (Lipinski definition) is 6. The summed E-state index contributed by atoms with van der Waals surface area (Å²) in [6.07, 6.45) is -0.432. The zero-order valence-electron chi connectivity index (χ0n) is 9.67. The third-order valence-corrected chi connectivity index (χ3v) is 2.88. The molecule has 1 saturated heterocycles.